The largest absolute Gasteiger partial charge is 0.852 e. The predicted molar refractivity (Wildman–Crippen MR) is 62.4 cm³/mol. The number of allylic oxidation sites excluding steroid dienone is 1. The van der Waals surface area contributed by atoms with Gasteiger partial charge in [-0.05, 0) is 11.8 Å². The number of hydrogen-bond donors (Lipinski definition) is 0. The summed E-state index contributed by atoms with van der Waals surface area (Å²) in [5, 5.41) is 21.0. The Balaban J connectivity index is 3.01. The maximum atomic E-state index is 12.0. The summed E-state index contributed by atoms with van der Waals surface area (Å²) in [6.07, 6.45) is -0.616. The Labute approximate surface area is 97.5 Å². The SMILES string of the molecule is [C-]#[N+]C(=C=[N-])C1C(C(C)C)C([O-])C1C(C)C. The Morgan fingerprint density at radius 2 is 1.69 bits per heavy atom. The molecule has 0 aliphatic heterocycles. The standard InChI is InChI=1S/C13H18N2O/c1-7(2)10-12(9(6-14)15-5)11(8(3)4)13(10)16/h7-8,10-13H,1-4H3/q-2. The quantitative estimate of drug-likeness (QED) is 0.527. The molecule has 3 nitrogen and oxygen atoms in total. The van der Waals surface area contributed by atoms with Gasteiger partial charge in [0.2, 0.25) is 0 Å². The summed E-state index contributed by atoms with van der Waals surface area (Å²) in [5.74, 6) is 2.26. The Morgan fingerprint density at radius 3 is 1.94 bits per heavy atom. The molecule has 0 radical (unpaired) electrons. The number of rotatable bonds is 3. The van der Waals surface area contributed by atoms with Gasteiger partial charge in [-0.3, -0.25) is 5.87 Å². The van der Waals surface area contributed by atoms with E-state index in [-0.39, 0.29) is 35.3 Å². The van der Waals surface area contributed by atoms with Crippen LogP contribution in [0.15, 0.2) is 5.70 Å². The van der Waals surface area contributed by atoms with Gasteiger partial charge >= 0.3 is 0 Å². The van der Waals surface area contributed by atoms with Crippen LogP contribution in [0, 0.1) is 36.2 Å². The second-order valence-electron chi connectivity index (χ2n) is 5.24. The van der Waals surface area contributed by atoms with Gasteiger partial charge < -0.3 is 10.5 Å². The lowest BCUT2D eigenvalue weighted by atomic mass is 9.54. The van der Waals surface area contributed by atoms with Crippen LogP contribution in [0.4, 0.5) is 0 Å². The van der Waals surface area contributed by atoms with Gasteiger partial charge in [-0.1, -0.05) is 39.5 Å². The molecule has 0 heterocycles. The molecular formula is C13H18N2O-2. The average Bonchev–Trinajstić information content (AvgIpc) is 2.16. The summed E-state index contributed by atoms with van der Waals surface area (Å²) in [6, 6.07) is 0. The van der Waals surface area contributed by atoms with Crippen LogP contribution >= 0.6 is 0 Å². The van der Waals surface area contributed by atoms with Gasteiger partial charge in [0.05, 0.1) is 6.57 Å². The molecule has 0 N–H and O–H groups in total. The van der Waals surface area contributed by atoms with Crippen molar-refractivity contribution in [3.63, 3.8) is 0 Å². The maximum Gasteiger partial charge on any atom is 0.187 e. The van der Waals surface area contributed by atoms with Crippen LogP contribution in [0.3, 0.4) is 0 Å². The normalized spacial score (nSPS) is 33.1. The van der Waals surface area contributed by atoms with Crippen LogP contribution in [0.2, 0.25) is 0 Å². The molecule has 1 aliphatic rings. The topological polar surface area (TPSA) is 49.7 Å². The first kappa shape index (κ1) is 13.0. The highest BCUT2D eigenvalue weighted by atomic mass is 16.3. The van der Waals surface area contributed by atoms with Gasteiger partial charge in [-0.2, -0.15) is 0 Å². The van der Waals surface area contributed by atoms with Crippen LogP contribution in [0.25, 0.3) is 10.3 Å². The Hall–Kier alpha value is -1.10. The van der Waals surface area contributed by atoms with E-state index < -0.39 is 6.10 Å². The van der Waals surface area contributed by atoms with E-state index in [9.17, 15) is 5.11 Å². The highest BCUT2D eigenvalue weighted by molar-refractivity contribution is 5.64. The number of nitrogens with zero attached hydrogens (tertiary/aromatic N) is 2. The van der Waals surface area contributed by atoms with Crippen LogP contribution < -0.4 is 5.11 Å². The summed E-state index contributed by atoms with van der Waals surface area (Å²) < 4.78 is 0. The van der Waals surface area contributed by atoms with Gasteiger partial charge in [0.25, 0.3) is 0 Å². The molecule has 1 fully saturated rings. The molecule has 88 valence electrons. The molecule has 0 saturated heterocycles. The summed E-state index contributed by atoms with van der Waals surface area (Å²) in [6.45, 7) is 15.0. The van der Waals surface area contributed by atoms with E-state index in [4.69, 9.17) is 12.0 Å². The fourth-order valence-corrected chi connectivity index (χ4v) is 2.90. The highest BCUT2D eigenvalue weighted by Crippen LogP contribution is 2.50. The number of hydrogen-bond acceptors (Lipinski definition) is 1. The van der Waals surface area contributed by atoms with Crippen molar-refractivity contribution in [3.05, 3.63) is 22.5 Å². The Bertz CT molecular complexity index is 331. The van der Waals surface area contributed by atoms with Crippen molar-refractivity contribution in [1.29, 1.82) is 0 Å². The molecule has 1 rings (SSSR count). The van der Waals surface area contributed by atoms with E-state index in [1.165, 1.54) is 0 Å². The minimum atomic E-state index is -0.616. The molecule has 0 spiro atoms. The molecule has 0 amide bonds. The lowest BCUT2D eigenvalue weighted by Crippen LogP contribution is -2.62. The van der Waals surface area contributed by atoms with Crippen molar-refractivity contribution in [2.75, 3.05) is 0 Å². The fraction of sp³-hybridized carbons (Fsp3) is 0.769. The molecule has 1 saturated carbocycles. The molecule has 0 bridgehead atoms. The summed E-state index contributed by atoms with van der Waals surface area (Å²) in [7, 11) is 0. The van der Waals surface area contributed by atoms with Gasteiger partial charge in [0.1, 0.15) is 0 Å². The third kappa shape index (κ3) is 1.91. The van der Waals surface area contributed by atoms with Crippen LogP contribution in [-0.2, 0) is 0 Å². The molecule has 1 aliphatic carbocycles. The first-order valence-corrected chi connectivity index (χ1v) is 5.75. The molecule has 0 aromatic heterocycles. The van der Waals surface area contributed by atoms with E-state index in [1.54, 1.807) is 0 Å². The molecule has 0 aromatic rings. The van der Waals surface area contributed by atoms with Gasteiger partial charge in [0, 0.05) is 5.92 Å². The van der Waals surface area contributed by atoms with E-state index >= 15 is 0 Å². The summed E-state index contributed by atoms with van der Waals surface area (Å²) in [5.41, 5.74) is 0.226. The van der Waals surface area contributed by atoms with Gasteiger partial charge in [0.15, 0.2) is 5.70 Å². The average molecular weight is 218 g/mol. The minimum Gasteiger partial charge on any atom is -0.852 e. The summed E-state index contributed by atoms with van der Waals surface area (Å²) >= 11 is 0. The van der Waals surface area contributed by atoms with Crippen LogP contribution in [-0.4, -0.2) is 12.0 Å². The van der Waals surface area contributed by atoms with Crippen LogP contribution in [0.1, 0.15) is 27.7 Å². The molecule has 3 heteroatoms. The highest BCUT2D eigenvalue weighted by Gasteiger charge is 2.47. The first-order chi connectivity index (χ1) is 7.45. The second-order valence-corrected chi connectivity index (χ2v) is 5.24. The smallest absolute Gasteiger partial charge is 0.187 e. The zero-order valence-electron chi connectivity index (χ0n) is 10.3. The monoisotopic (exact) mass is 218 g/mol. The molecular weight excluding hydrogens is 200 g/mol. The van der Waals surface area contributed by atoms with Crippen molar-refractivity contribution in [2.45, 2.75) is 33.8 Å². The predicted octanol–water partition coefficient (Wildman–Crippen LogP) is 1.93. The van der Waals surface area contributed by atoms with Crippen molar-refractivity contribution in [3.8, 4) is 0 Å². The van der Waals surface area contributed by atoms with E-state index in [0.29, 0.717) is 0 Å². The van der Waals surface area contributed by atoms with Crippen molar-refractivity contribution in [2.24, 2.45) is 29.6 Å². The zero-order valence-corrected chi connectivity index (χ0v) is 10.3. The third-order valence-corrected chi connectivity index (χ3v) is 3.68. The minimum absolute atomic E-state index is 0.0452. The van der Waals surface area contributed by atoms with Crippen molar-refractivity contribution < 1.29 is 5.11 Å². The van der Waals surface area contributed by atoms with Gasteiger partial charge in [-0.15, -0.1) is 6.10 Å². The molecule has 0 aromatic carbocycles. The van der Waals surface area contributed by atoms with Crippen molar-refractivity contribution in [1.82, 2.24) is 0 Å². The van der Waals surface area contributed by atoms with E-state index in [2.05, 4.69) is 4.85 Å². The maximum absolute atomic E-state index is 12.0. The molecule has 2 atom stereocenters. The lowest BCUT2D eigenvalue weighted by molar-refractivity contribution is -0.486. The molecule has 2 unspecified atom stereocenters. The fourth-order valence-electron chi connectivity index (χ4n) is 2.90. The Morgan fingerprint density at radius 1 is 1.25 bits per heavy atom. The van der Waals surface area contributed by atoms with Crippen LogP contribution in [0.5, 0.6) is 0 Å². The van der Waals surface area contributed by atoms with E-state index in [0.717, 1.165) is 0 Å². The zero-order chi connectivity index (χ0) is 12.5. The summed E-state index contributed by atoms with van der Waals surface area (Å²) in [4.78, 5) is 3.29. The Kier molecular flexibility index (Phi) is 3.91. The lowest BCUT2D eigenvalue weighted by Gasteiger charge is -2.60. The van der Waals surface area contributed by atoms with Gasteiger partial charge in [-0.25, -0.2) is 4.85 Å². The van der Waals surface area contributed by atoms with Crippen molar-refractivity contribution >= 4 is 5.87 Å². The first-order valence-electron chi connectivity index (χ1n) is 5.75. The third-order valence-electron chi connectivity index (χ3n) is 3.68. The molecule has 16 heavy (non-hydrogen) atoms. The van der Waals surface area contributed by atoms with E-state index in [1.807, 2.05) is 33.6 Å². The second kappa shape index (κ2) is 4.82.